The van der Waals surface area contributed by atoms with Gasteiger partial charge in [-0.1, -0.05) is 6.07 Å². The standard InChI is InChI=1S/C24H28N4O5/c29-22(30)12-16-3-7-21(8-4-16)33-24(32)28-11-9-17-13-19(6-5-18(17)15-28)26-23(31)27-20-2-1-10-25-14-20/h1-2,5-6,10,13-14,16,21H,3-4,7-9,11-12,15H2,(H,29,30)(H2,26,27,31)/t16-,21-. The summed E-state index contributed by atoms with van der Waals surface area (Å²) < 4.78 is 5.70. The van der Waals surface area contributed by atoms with Gasteiger partial charge >= 0.3 is 18.1 Å². The fraction of sp³-hybridized carbons (Fsp3) is 0.417. The van der Waals surface area contributed by atoms with E-state index in [9.17, 15) is 14.4 Å². The molecule has 4 rings (SSSR count). The molecule has 0 bridgehead atoms. The van der Waals surface area contributed by atoms with Crippen molar-refractivity contribution >= 4 is 29.5 Å². The molecule has 1 aliphatic heterocycles. The molecule has 0 atom stereocenters. The number of fused-ring (bicyclic) bond motifs is 1. The molecule has 2 aliphatic rings. The highest BCUT2D eigenvalue weighted by Gasteiger charge is 2.28. The second-order valence-electron chi connectivity index (χ2n) is 8.60. The molecule has 0 radical (unpaired) electrons. The molecular formula is C24H28N4O5. The highest BCUT2D eigenvalue weighted by molar-refractivity contribution is 5.99. The van der Waals surface area contributed by atoms with E-state index < -0.39 is 5.97 Å². The average molecular weight is 453 g/mol. The highest BCUT2D eigenvalue weighted by atomic mass is 16.6. The number of carbonyl (C=O) groups is 3. The van der Waals surface area contributed by atoms with Crippen LogP contribution in [0.15, 0.2) is 42.7 Å². The maximum atomic E-state index is 12.7. The minimum Gasteiger partial charge on any atom is -0.481 e. The Labute approximate surface area is 192 Å². The van der Waals surface area contributed by atoms with Gasteiger partial charge in [-0.3, -0.25) is 9.78 Å². The van der Waals surface area contributed by atoms with Crippen LogP contribution in [0.25, 0.3) is 0 Å². The summed E-state index contributed by atoms with van der Waals surface area (Å²) in [4.78, 5) is 41.4. The third kappa shape index (κ3) is 6.21. The Kier molecular flexibility index (Phi) is 7.07. The summed E-state index contributed by atoms with van der Waals surface area (Å²) in [6.07, 6.45) is 6.58. The van der Waals surface area contributed by atoms with Gasteiger partial charge in [0.2, 0.25) is 0 Å². The summed E-state index contributed by atoms with van der Waals surface area (Å²) >= 11 is 0. The van der Waals surface area contributed by atoms with Crippen LogP contribution in [0.4, 0.5) is 21.0 Å². The number of anilines is 2. The molecule has 1 saturated carbocycles. The number of aliphatic carboxylic acids is 1. The van der Waals surface area contributed by atoms with Crippen LogP contribution in [0.3, 0.4) is 0 Å². The van der Waals surface area contributed by atoms with Crippen molar-refractivity contribution in [1.82, 2.24) is 9.88 Å². The van der Waals surface area contributed by atoms with Crippen molar-refractivity contribution < 1.29 is 24.2 Å². The van der Waals surface area contributed by atoms with Crippen LogP contribution in [0.2, 0.25) is 0 Å². The zero-order valence-electron chi connectivity index (χ0n) is 18.3. The summed E-state index contributed by atoms with van der Waals surface area (Å²) in [5.41, 5.74) is 3.41. The second kappa shape index (κ2) is 10.3. The highest BCUT2D eigenvalue weighted by Crippen LogP contribution is 2.30. The number of aromatic nitrogens is 1. The molecule has 174 valence electrons. The quantitative estimate of drug-likeness (QED) is 0.624. The summed E-state index contributed by atoms with van der Waals surface area (Å²) in [6.45, 7) is 1.01. The van der Waals surface area contributed by atoms with Crippen molar-refractivity contribution in [2.45, 2.75) is 51.2 Å². The van der Waals surface area contributed by atoms with E-state index in [1.54, 1.807) is 29.4 Å². The van der Waals surface area contributed by atoms with Crippen LogP contribution in [0, 0.1) is 5.92 Å². The number of carbonyl (C=O) groups excluding carboxylic acids is 2. The van der Waals surface area contributed by atoms with E-state index in [0.29, 0.717) is 43.7 Å². The minimum absolute atomic E-state index is 0.145. The molecular weight excluding hydrogens is 424 g/mol. The lowest BCUT2D eigenvalue weighted by Crippen LogP contribution is -2.39. The number of hydrogen-bond acceptors (Lipinski definition) is 5. The molecule has 2 aromatic rings. The molecule has 0 spiro atoms. The van der Waals surface area contributed by atoms with Gasteiger partial charge in [0, 0.05) is 31.4 Å². The number of ether oxygens (including phenoxy) is 1. The predicted molar refractivity (Wildman–Crippen MR) is 122 cm³/mol. The van der Waals surface area contributed by atoms with E-state index in [-0.39, 0.29) is 30.6 Å². The Bertz CT molecular complexity index is 1010. The molecule has 0 unspecified atom stereocenters. The van der Waals surface area contributed by atoms with Crippen LogP contribution in [0.1, 0.15) is 43.2 Å². The second-order valence-corrected chi connectivity index (χ2v) is 8.60. The lowest BCUT2D eigenvalue weighted by atomic mass is 9.85. The number of nitrogens with one attached hydrogen (secondary N) is 2. The van der Waals surface area contributed by atoms with Gasteiger partial charge in [-0.25, -0.2) is 9.59 Å². The van der Waals surface area contributed by atoms with Gasteiger partial charge in [-0.2, -0.15) is 0 Å². The van der Waals surface area contributed by atoms with Crippen molar-refractivity contribution in [2.24, 2.45) is 5.92 Å². The molecule has 1 aromatic carbocycles. The van der Waals surface area contributed by atoms with Crippen molar-refractivity contribution in [2.75, 3.05) is 17.2 Å². The normalized spacial score (nSPS) is 19.8. The van der Waals surface area contributed by atoms with Crippen LogP contribution < -0.4 is 10.6 Å². The topological polar surface area (TPSA) is 121 Å². The van der Waals surface area contributed by atoms with Gasteiger partial charge in [0.25, 0.3) is 0 Å². The molecule has 3 N–H and O–H groups in total. The first kappa shape index (κ1) is 22.6. The third-order valence-electron chi connectivity index (χ3n) is 6.18. The predicted octanol–water partition coefficient (Wildman–Crippen LogP) is 4.25. The average Bonchev–Trinajstić information content (AvgIpc) is 2.80. The van der Waals surface area contributed by atoms with Gasteiger partial charge in [0.15, 0.2) is 0 Å². The van der Waals surface area contributed by atoms with Gasteiger partial charge in [-0.15, -0.1) is 0 Å². The number of nitrogens with zero attached hydrogens (tertiary/aromatic N) is 2. The lowest BCUT2D eigenvalue weighted by molar-refractivity contribution is -0.138. The first-order valence-corrected chi connectivity index (χ1v) is 11.2. The molecule has 33 heavy (non-hydrogen) atoms. The molecule has 9 nitrogen and oxygen atoms in total. The molecule has 3 amide bonds. The van der Waals surface area contributed by atoms with Crippen LogP contribution in [-0.2, 0) is 22.5 Å². The summed E-state index contributed by atoms with van der Waals surface area (Å²) in [7, 11) is 0. The van der Waals surface area contributed by atoms with Gasteiger partial charge in [-0.05, 0) is 73.4 Å². The number of carboxylic acid groups (broad SMARTS) is 1. The lowest BCUT2D eigenvalue weighted by Gasteiger charge is -2.32. The summed E-state index contributed by atoms with van der Waals surface area (Å²) in [6, 6.07) is 8.84. The summed E-state index contributed by atoms with van der Waals surface area (Å²) in [5, 5.41) is 14.5. The zero-order chi connectivity index (χ0) is 23.2. The Morgan fingerprint density at radius 3 is 2.58 bits per heavy atom. The SMILES string of the molecule is O=C(O)C[C@H]1CC[C@H](OC(=O)N2CCc3cc(NC(=O)Nc4cccnc4)ccc3C2)CC1. The number of amides is 3. The molecule has 2 heterocycles. The van der Waals surface area contributed by atoms with E-state index in [1.165, 1.54) is 0 Å². The molecule has 1 aliphatic carbocycles. The minimum atomic E-state index is -0.769. The zero-order valence-corrected chi connectivity index (χ0v) is 18.3. The van der Waals surface area contributed by atoms with E-state index in [0.717, 1.165) is 24.0 Å². The van der Waals surface area contributed by atoms with Crippen molar-refractivity contribution in [3.05, 3.63) is 53.9 Å². The maximum Gasteiger partial charge on any atom is 0.410 e. The first-order valence-electron chi connectivity index (χ1n) is 11.2. The number of benzene rings is 1. The first-order chi connectivity index (χ1) is 16.0. The smallest absolute Gasteiger partial charge is 0.410 e. The summed E-state index contributed by atoms with van der Waals surface area (Å²) in [5.74, 6) is -0.594. The van der Waals surface area contributed by atoms with Crippen LogP contribution in [0.5, 0.6) is 0 Å². The van der Waals surface area contributed by atoms with Crippen molar-refractivity contribution in [3.8, 4) is 0 Å². The van der Waals surface area contributed by atoms with Crippen LogP contribution >= 0.6 is 0 Å². The monoisotopic (exact) mass is 452 g/mol. The van der Waals surface area contributed by atoms with Crippen molar-refractivity contribution in [3.63, 3.8) is 0 Å². The largest absolute Gasteiger partial charge is 0.481 e. The molecule has 1 aromatic heterocycles. The Balaban J connectivity index is 1.27. The fourth-order valence-electron chi connectivity index (χ4n) is 4.43. The number of pyridine rings is 1. The Morgan fingerprint density at radius 2 is 1.85 bits per heavy atom. The maximum absolute atomic E-state index is 12.7. The Hall–Kier alpha value is -3.62. The van der Waals surface area contributed by atoms with E-state index in [4.69, 9.17) is 9.84 Å². The third-order valence-corrected chi connectivity index (χ3v) is 6.18. The van der Waals surface area contributed by atoms with E-state index in [2.05, 4.69) is 15.6 Å². The fourth-order valence-corrected chi connectivity index (χ4v) is 4.43. The number of hydrogen-bond donors (Lipinski definition) is 3. The van der Waals surface area contributed by atoms with E-state index >= 15 is 0 Å². The number of rotatable bonds is 5. The van der Waals surface area contributed by atoms with E-state index in [1.807, 2.05) is 18.2 Å². The molecule has 1 fully saturated rings. The molecule has 9 heteroatoms. The van der Waals surface area contributed by atoms with Gasteiger partial charge in [0.1, 0.15) is 6.10 Å². The Morgan fingerprint density at radius 1 is 1.06 bits per heavy atom. The van der Waals surface area contributed by atoms with Gasteiger partial charge in [0.05, 0.1) is 11.9 Å². The van der Waals surface area contributed by atoms with Crippen molar-refractivity contribution in [1.29, 1.82) is 0 Å². The van der Waals surface area contributed by atoms with Gasteiger partial charge < -0.3 is 25.4 Å². The van der Waals surface area contributed by atoms with Crippen LogP contribution in [-0.4, -0.2) is 45.7 Å². The number of carboxylic acids is 1. The number of urea groups is 1. The molecule has 0 saturated heterocycles.